The Balaban J connectivity index is 2.00. The molecular weight excluding hydrogens is 364 g/mol. The third kappa shape index (κ3) is 2.16. The Bertz CT molecular complexity index is 1090. The van der Waals surface area contributed by atoms with Crippen molar-refractivity contribution in [3.63, 3.8) is 0 Å². The van der Waals surface area contributed by atoms with E-state index < -0.39 is 11.5 Å². The van der Waals surface area contributed by atoms with E-state index in [-0.39, 0.29) is 5.91 Å². The molecule has 0 fully saturated rings. The molecule has 5 nitrogen and oxygen atoms in total. The monoisotopic (exact) mass is 382 g/mol. The minimum Gasteiger partial charge on any atom is -0.359 e. The third-order valence-electron chi connectivity index (χ3n) is 5.37. The number of carbonyl (C=O) groups excluding carboxylic acids is 1. The number of hydrogen-bond donors (Lipinski definition) is 2. The fourth-order valence-corrected chi connectivity index (χ4v) is 5.97. The quantitative estimate of drug-likeness (QED) is 0.713. The first-order valence-electron chi connectivity index (χ1n) is 8.30. The van der Waals surface area contributed by atoms with Crippen LogP contribution in [0.25, 0.3) is 10.2 Å². The van der Waals surface area contributed by atoms with Gasteiger partial charge in [-0.25, -0.2) is 0 Å². The predicted molar refractivity (Wildman–Crippen MR) is 104 cm³/mol. The van der Waals surface area contributed by atoms with Crippen molar-refractivity contribution in [3.05, 3.63) is 49.7 Å². The molecule has 0 saturated carbocycles. The second-order valence-corrected chi connectivity index (χ2v) is 8.94. The number of aromatic nitrogens is 1. The minimum atomic E-state index is -0.970. The van der Waals surface area contributed by atoms with E-state index in [0.29, 0.717) is 11.3 Å². The fraction of sp³-hybridized carbons (Fsp3) is 0.316. The number of amides is 1. The molecule has 4 rings (SSSR count). The lowest BCUT2D eigenvalue weighted by atomic mass is 9.83. The highest BCUT2D eigenvalue weighted by atomic mass is 32.1. The lowest BCUT2D eigenvalue weighted by Gasteiger charge is -2.30. The second kappa shape index (κ2) is 5.88. The first kappa shape index (κ1) is 17.2. The van der Waals surface area contributed by atoms with Crippen LogP contribution in [0.15, 0.2) is 18.3 Å². The summed E-state index contributed by atoms with van der Waals surface area (Å²) in [7, 11) is 1.63. The summed E-state index contributed by atoms with van der Waals surface area (Å²) in [5.41, 5.74) is 10.1. The van der Waals surface area contributed by atoms with Crippen LogP contribution in [0.1, 0.15) is 31.3 Å². The Morgan fingerprint density at radius 3 is 2.85 bits per heavy atom. The molecule has 0 saturated heterocycles. The maximum Gasteiger partial charge on any atom is 0.225 e. The zero-order chi connectivity index (χ0) is 18.6. The summed E-state index contributed by atoms with van der Waals surface area (Å²) in [4.78, 5) is 20.0. The molecule has 7 heteroatoms. The average molecular weight is 383 g/mol. The Hall–Kier alpha value is -2.27. The number of carbonyl (C=O) groups is 1. The summed E-state index contributed by atoms with van der Waals surface area (Å²) < 4.78 is 1.12. The highest BCUT2D eigenvalue weighted by Gasteiger charge is 2.50. The Morgan fingerprint density at radius 2 is 2.19 bits per heavy atom. The number of nitrogens with zero attached hydrogens (tertiary/aromatic N) is 2. The van der Waals surface area contributed by atoms with Gasteiger partial charge in [-0.2, -0.15) is 5.26 Å². The lowest BCUT2D eigenvalue weighted by molar-refractivity contribution is -0.125. The summed E-state index contributed by atoms with van der Waals surface area (Å²) >= 11 is 3.06. The van der Waals surface area contributed by atoms with E-state index in [4.69, 9.17) is 5.73 Å². The van der Waals surface area contributed by atoms with Crippen LogP contribution in [0.5, 0.6) is 0 Å². The van der Waals surface area contributed by atoms with Gasteiger partial charge in [-0.05, 0) is 43.5 Å². The molecule has 1 aliphatic carbocycles. The molecule has 0 aromatic carbocycles. The van der Waals surface area contributed by atoms with Crippen LogP contribution >= 0.6 is 22.7 Å². The van der Waals surface area contributed by atoms with Crippen LogP contribution in [-0.4, -0.2) is 17.9 Å². The summed E-state index contributed by atoms with van der Waals surface area (Å²) in [5, 5.41) is 12.0. The molecule has 0 aliphatic heterocycles. The maximum atomic E-state index is 12.7. The predicted octanol–water partition coefficient (Wildman–Crippen LogP) is 2.97. The van der Waals surface area contributed by atoms with Crippen LogP contribution in [0.4, 0.5) is 0 Å². The SMILES string of the molecule is CNC(=O)C1Cc2c(cnc3c(C)c(C)sc23)C1(N)c1ccc(C#N)s1. The van der Waals surface area contributed by atoms with Gasteiger partial charge in [-0.1, -0.05) is 0 Å². The van der Waals surface area contributed by atoms with Crippen LogP contribution < -0.4 is 11.1 Å². The van der Waals surface area contributed by atoms with Crippen molar-refractivity contribution in [2.24, 2.45) is 11.7 Å². The van der Waals surface area contributed by atoms with Gasteiger partial charge >= 0.3 is 0 Å². The molecule has 1 aliphatic rings. The van der Waals surface area contributed by atoms with E-state index in [9.17, 15) is 10.1 Å². The van der Waals surface area contributed by atoms with Gasteiger partial charge in [0.25, 0.3) is 0 Å². The minimum absolute atomic E-state index is 0.0891. The van der Waals surface area contributed by atoms with Crippen LogP contribution in [0, 0.1) is 31.1 Å². The van der Waals surface area contributed by atoms with Crippen molar-refractivity contribution in [2.45, 2.75) is 25.8 Å². The topological polar surface area (TPSA) is 91.8 Å². The fourth-order valence-electron chi connectivity index (χ4n) is 3.81. The molecule has 3 N–H and O–H groups in total. The molecule has 132 valence electrons. The first-order chi connectivity index (χ1) is 12.4. The molecule has 3 aromatic heterocycles. The van der Waals surface area contributed by atoms with Crippen LogP contribution in [0.2, 0.25) is 0 Å². The van der Waals surface area contributed by atoms with Gasteiger partial charge in [0.05, 0.1) is 21.7 Å². The normalized spacial score (nSPS) is 21.6. The standard InChI is InChI=1S/C19H18N4OS2/c1-9-10(2)25-17-12-6-13(18(24)22-3)19(21,14(12)8-23-16(9)17)15-5-4-11(7-20)26-15/h4-5,8,13H,6,21H2,1-3H3,(H,22,24). The van der Waals surface area contributed by atoms with E-state index in [1.807, 2.05) is 12.3 Å². The molecule has 1 amide bonds. The van der Waals surface area contributed by atoms with Gasteiger partial charge in [-0.15, -0.1) is 22.7 Å². The number of nitriles is 1. The van der Waals surface area contributed by atoms with Crippen molar-refractivity contribution in [3.8, 4) is 6.07 Å². The van der Waals surface area contributed by atoms with Gasteiger partial charge in [0, 0.05) is 28.6 Å². The largest absolute Gasteiger partial charge is 0.359 e. The summed E-state index contributed by atoms with van der Waals surface area (Å²) in [6.07, 6.45) is 2.40. The zero-order valence-corrected chi connectivity index (χ0v) is 16.3. The van der Waals surface area contributed by atoms with Crippen molar-refractivity contribution in [2.75, 3.05) is 7.05 Å². The number of pyridine rings is 1. The van der Waals surface area contributed by atoms with Gasteiger partial charge in [-0.3, -0.25) is 9.78 Å². The second-order valence-electron chi connectivity index (χ2n) is 6.63. The molecule has 3 heterocycles. The summed E-state index contributed by atoms with van der Waals surface area (Å²) in [6, 6.07) is 5.79. The number of rotatable bonds is 2. The molecule has 0 spiro atoms. The highest BCUT2D eigenvalue weighted by molar-refractivity contribution is 7.19. The van der Waals surface area contributed by atoms with Gasteiger partial charge in [0.2, 0.25) is 5.91 Å². The van der Waals surface area contributed by atoms with E-state index in [2.05, 4.69) is 30.2 Å². The first-order valence-corrected chi connectivity index (χ1v) is 9.94. The Kier molecular flexibility index (Phi) is 3.88. The van der Waals surface area contributed by atoms with E-state index in [1.165, 1.54) is 21.8 Å². The average Bonchev–Trinajstić information content (AvgIpc) is 3.31. The van der Waals surface area contributed by atoms with E-state index in [0.717, 1.165) is 26.2 Å². The third-order valence-corrected chi connectivity index (χ3v) is 7.76. The molecule has 0 bridgehead atoms. The number of aryl methyl sites for hydroxylation is 2. The molecule has 0 radical (unpaired) electrons. The molecule has 2 unspecified atom stereocenters. The number of thiophene rings is 2. The van der Waals surface area contributed by atoms with Gasteiger partial charge in [0.1, 0.15) is 10.9 Å². The zero-order valence-electron chi connectivity index (χ0n) is 14.7. The number of nitrogens with two attached hydrogens (primary N) is 1. The van der Waals surface area contributed by atoms with E-state index >= 15 is 0 Å². The van der Waals surface area contributed by atoms with Gasteiger partial charge in [0.15, 0.2) is 0 Å². The summed E-state index contributed by atoms with van der Waals surface area (Å²) in [6.45, 7) is 4.17. The highest BCUT2D eigenvalue weighted by Crippen LogP contribution is 2.49. The van der Waals surface area contributed by atoms with Crippen molar-refractivity contribution in [1.82, 2.24) is 10.3 Å². The van der Waals surface area contributed by atoms with E-state index in [1.54, 1.807) is 24.5 Å². The van der Waals surface area contributed by atoms with Crippen LogP contribution in [0.3, 0.4) is 0 Å². The number of fused-ring (bicyclic) bond motifs is 3. The molecule has 2 atom stereocenters. The molecule has 3 aromatic rings. The van der Waals surface area contributed by atoms with Crippen molar-refractivity contribution >= 4 is 38.8 Å². The maximum absolute atomic E-state index is 12.7. The smallest absolute Gasteiger partial charge is 0.225 e. The van der Waals surface area contributed by atoms with Crippen LogP contribution in [-0.2, 0) is 16.8 Å². The molecular formula is C19H18N4OS2. The number of nitrogens with one attached hydrogen (secondary N) is 1. The molecule has 26 heavy (non-hydrogen) atoms. The van der Waals surface area contributed by atoms with Crippen molar-refractivity contribution < 1.29 is 4.79 Å². The number of hydrogen-bond acceptors (Lipinski definition) is 6. The lowest BCUT2D eigenvalue weighted by Crippen LogP contribution is -2.48. The summed E-state index contributed by atoms with van der Waals surface area (Å²) in [5.74, 6) is -0.517. The Morgan fingerprint density at radius 1 is 1.42 bits per heavy atom. The van der Waals surface area contributed by atoms with Crippen molar-refractivity contribution in [1.29, 1.82) is 5.26 Å². The Labute approximate surface area is 159 Å². The van der Waals surface area contributed by atoms with Gasteiger partial charge < -0.3 is 11.1 Å².